The molecule has 0 amide bonds. The summed E-state index contributed by atoms with van der Waals surface area (Å²) in [6.07, 6.45) is 7.72. The smallest absolute Gasteiger partial charge is 0.875 e. The van der Waals surface area contributed by atoms with E-state index in [9.17, 15) is 9.90 Å². The van der Waals surface area contributed by atoms with E-state index in [2.05, 4.69) is 0 Å². The van der Waals surface area contributed by atoms with Gasteiger partial charge < -0.3 is 9.84 Å². The van der Waals surface area contributed by atoms with Gasteiger partial charge in [0.05, 0.1) is 6.61 Å². The summed E-state index contributed by atoms with van der Waals surface area (Å²) in [7, 11) is 0. The van der Waals surface area contributed by atoms with E-state index in [1.54, 1.807) is 6.92 Å². The van der Waals surface area contributed by atoms with Crippen molar-refractivity contribution in [1.82, 2.24) is 0 Å². The molecule has 20 heavy (non-hydrogen) atoms. The molecule has 4 heteroatoms. The van der Waals surface area contributed by atoms with Crippen LogP contribution in [0.2, 0.25) is 0 Å². The third kappa shape index (κ3) is 7.07. The molecule has 108 valence electrons. The molecule has 1 aliphatic rings. The summed E-state index contributed by atoms with van der Waals surface area (Å²) < 4.78 is 4.78. The average molecular weight is 314 g/mol. The molecule has 0 fully saturated rings. The van der Waals surface area contributed by atoms with E-state index in [1.165, 1.54) is 0 Å². The van der Waals surface area contributed by atoms with Crippen molar-refractivity contribution >= 4 is 5.97 Å². The zero-order chi connectivity index (χ0) is 14.1. The molecule has 1 aromatic rings. The molecule has 0 heterocycles. The number of hydrogen-bond donors (Lipinski definition) is 0. The van der Waals surface area contributed by atoms with E-state index < -0.39 is 0 Å². The number of allylic oxidation sites excluding steroid dienone is 6. The first kappa shape index (κ1) is 18.4. The van der Waals surface area contributed by atoms with Crippen LogP contribution >= 0.6 is 0 Å². The van der Waals surface area contributed by atoms with Gasteiger partial charge in [-0.05, 0) is 12.5 Å². The topological polar surface area (TPSA) is 49.4 Å². The minimum absolute atomic E-state index is 0. The van der Waals surface area contributed by atoms with Gasteiger partial charge in [-0.1, -0.05) is 31.2 Å². The number of rotatable bonds is 3. The average Bonchev–Trinajstić information content (AvgIpc) is 3.02. The molecule has 0 spiro atoms. The molecule has 0 bridgehead atoms. The molecule has 0 N–H and O–H groups in total. The van der Waals surface area contributed by atoms with Crippen LogP contribution in [0, 0.1) is 0 Å². The monoisotopic (exact) mass is 314 g/mol. The maximum atomic E-state index is 10.9. The molecule has 1 aromatic carbocycles. The molecular weight excluding hydrogens is 296 g/mol. The molecule has 0 aromatic heterocycles. The molecule has 0 unspecified atom stereocenters. The van der Waals surface area contributed by atoms with Gasteiger partial charge in [0.2, 0.25) is 0 Å². The summed E-state index contributed by atoms with van der Waals surface area (Å²) >= 11 is 0. The second-order valence-electron chi connectivity index (χ2n) is 4.00. The van der Waals surface area contributed by atoms with Gasteiger partial charge in [-0.25, -0.2) is 12.1 Å². The SMILES string of the molecule is CC([O-])=C1C=CC=C1.CCOC(=O)Cc1ccc[cH-]1.[Fe+2]. The minimum Gasteiger partial charge on any atom is -0.875 e. The van der Waals surface area contributed by atoms with Crippen LogP contribution < -0.4 is 5.11 Å². The van der Waals surface area contributed by atoms with E-state index in [1.807, 2.05) is 55.5 Å². The van der Waals surface area contributed by atoms with Gasteiger partial charge >= 0.3 is 23.0 Å². The fraction of sp³-hybridized carbons (Fsp3) is 0.250. The summed E-state index contributed by atoms with van der Waals surface area (Å²) in [5, 5.41) is 10.5. The third-order valence-electron chi connectivity index (χ3n) is 2.45. The zero-order valence-corrected chi connectivity index (χ0v) is 12.7. The van der Waals surface area contributed by atoms with Gasteiger partial charge in [0.15, 0.2) is 0 Å². The van der Waals surface area contributed by atoms with Gasteiger partial charge in [0.1, 0.15) is 0 Å². The Kier molecular flexibility index (Phi) is 9.35. The Morgan fingerprint density at radius 3 is 2.40 bits per heavy atom. The van der Waals surface area contributed by atoms with Gasteiger partial charge in [-0.3, -0.25) is 4.79 Å². The van der Waals surface area contributed by atoms with E-state index in [-0.39, 0.29) is 28.8 Å². The van der Waals surface area contributed by atoms with E-state index in [0.717, 1.165) is 11.1 Å². The van der Waals surface area contributed by atoms with Gasteiger partial charge in [-0.15, -0.1) is 5.76 Å². The molecule has 3 nitrogen and oxygen atoms in total. The Hall–Kier alpha value is -1.64. The van der Waals surface area contributed by atoms with Crippen LogP contribution in [0.1, 0.15) is 19.4 Å². The second kappa shape index (κ2) is 10.2. The Morgan fingerprint density at radius 2 is 2.00 bits per heavy atom. The maximum absolute atomic E-state index is 10.9. The summed E-state index contributed by atoms with van der Waals surface area (Å²) in [5.74, 6) is -0.0197. The van der Waals surface area contributed by atoms with Gasteiger partial charge in [0, 0.05) is 6.42 Å². The standard InChI is InChI=1S/C9H11O2.C7H8O.Fe/c1-2-11-9(10)7-8-5-3-4-6-8;1-6(8)7-4-2-3-5-7;/h3-6H,2,7H2,1H3;2-5,8H,1H3;/q-1;;+2/p-1. The van der Waals surface area contributed by atoms with Crippen molar-refractivity contribution in [2.75, 3.05) is 6.61 Å². The molecule has 1 aliphatic carbocycles. The Morgan fingerprint density at radius 1 is 1.35 bits per heavy atom. The Balaban J connectivity index is 0.000000359. The summed E-state index contributed by atoms with van der Waals surface area (Å²) in [6.45, 7) is 3.83. The number of carbonyl (C=O) groups excluding carboxylic acids is 1. The number of carbonyl (C=O) groups is 1. The number of esters is 1. The van der Waals surface area contributed by atoms with E-state index >= 15 is 0 Å². The second-order valence-corrected chi connectivity index (χ2v) is 4.00. The summed E-state index contributed by atoms with van der Waals surface area (Å²) in [5.41, 5.74) is 1.81. The normalized spacial score (nSPS) is 11.4. The van der Waals surface area contributed by atoms with Crippen molar-refractivity contribution < 1.29 is 31.7 Å². The molecule has 0 saturated carbocycles. The third-order valence-corrected chi connectivity index (χ3v) is 2.45. The quantitative estimate of drug-likeness (QED) is 0.372. The van der Waals surface area contributed by atoms with Gasteiger partial charge in [-0.2, -0.15) is 17.7 Å². The molecule has 0 atom stereocenters. The first-order valence-corrected chi connectivity index (χ1v) is 6.22. The van der Waals surface area contributed by atoms with Crippen molar-refractivity contribution in [2.45, 2.75) is 20.3 Å². The van der Waals surface area contributed by atoms with E-state index in [4.69, 9.17) is 4.74 Å². The van der Waals surface area contributed by atoms with Crippen LogP contribution in [0.3, 0.4) is 0 Å². The molecule has 2 rings (SSSR count). The van der Waals surface area contributed by atoms with Crippen LogP contribution in [0.5, 0.6) is 0 Å². The van der Waals surface area contributed by atoms with Crippen LogP contribution in [0.15, 0.2) is 59.9 Å². The zero-order valence-electron chi connectivity index (χ0n) is 11.6. The fourth-order valence-corrected chi connectivity index (χ4v) is 1.52. The van der Waals surface area contributed by atoms with Crippen molar-refractivity contribution in [2.24, 2.45) is 0 Å². The fourth-order valence-electron chi connectivity index (χ4n) is 1.52. The molecule has 0 radical (unpaired) electrons. The molecule has 0 saturated heterocycles. The minimum atomic E-state index is -0.154. The van der Waals surface area contributed by atoms with Crippen molar-refractivity contribution in [3.8, 4) is 0 Å². The van der Waals surface area contributed by atoms with Crippen LogP contribution in [-0.2, 0) is 33.0 Å². The first-order valence-electron chi connectivity index (χ1n) is 6.22. The Labute approximate surface area is 130 Å². The Bertz CT molecular complexity index is 464. The van der Waals surface area contributed by atoms with Crippen molar-refractivity contribution in [3.63, 3.8) is 0 Å². The predicted octanol–water partition coefficient (Wildman–Crippen LogP) is 2.26. The maximum Gasteiger partial charge on any atom is 2.00 e. The first-order chi connectivity index (χ1) is 9.13. The number of ether oxygens (including phenoxy) is 1. The molecule has 0 aliphatic heterocycles. The largest absolute Gasteiger partial charge is 2.00 e. The van der Waals surface area contributed by atoms with E-state index in [0.29, 0.717) is 13.0 Å². The number of hydrogen-bond acceptors (Lipinski definition) is 3. The summed E-state index contributed by atoms with van der Waals surface area (Å²) in [4.78, 5) is 10.9. The predicted molar refractivity (Wildman–Crippen MR) is 73.4 cm³/mol. The van der Waals surface area contributed by atoms with Crippen LogP contribution in [0.4, 0.5) is 0 Å². The van der Waals surface area contributed by atoms with Crippen LogP contribution in [0.25, 0.3) is 0 Å². The van der Waals surface area contributed by atoms with Crippen LogP contribution in [-0.4, -0.2) is 12.6 Å². The van der Waals surface area contributed by atoms with Crippen molar-refractivity contribution in [3.05, 3.63) is 65.5 Å². The molecular formula is C16H18FeO3. The van der Waals surface area contributed by atoms with Gasteiger partial charge in [0.25, 0.3) is 0 Å². The van der Waals surface area contributed by atoms with Crippen molar-refractivity contribution in [1.29, 1.82) is 0 Å². The summed E-state index contributed by atoms with van der Waals surface area (Å²) in [6, 6.07) is 7.65.